The molecule has 0 aromatic heterocycles. The lowest BCUT2D eigenvalue weighted by molar-refractivity contribution is -0.133. The molecule has 1 saturated heterocycles. The van der Waals surface area contributed by atoms with E-state index in [0.717, 1.165) is 11.3 Å². The molecule has 1 atom stereocenters. The van der Waals surface area contributed by atoms with Crippen LogP contribution in [0.5, 0.6) is 5.75 Å². The highest BCUT2D eigenvalue weighted by molar-refractivity contribution is 7.89. The number of hydrogen-bond donors (Lipinski definition) is 1. The highest BCUT2D eigenvalue weighted by Gasteiger charge is 2.31. The van der Waals surface area contributed by atoms with E-state index < -0.39 is 16.1 Å². The van der Waals surface area contributed by atoms with Crippen molar-refractivity contribution in [1.82, 2.24) is 9.62 Å². The van der Waals surface area contributed by atoms with Crippen LogP contribution in [-0.4, -0.2) is 58.6 Å². The van der Waals surface area contributed by atoms with Gasteiger partial charge in [0.2, 0.25) is 15.9 Å². The Labute approximate surface area is 221 Å². The molecule has 1 aliphatic heterocycles. The van der Waals surface area contributed by atoms with E-state index in [2.05, 4.69) is 9.62 Å². The first-order valence-corrected chi connectivity index (χ1v) is 13.7. The largest absolute Gasteiger partial charge is 0.495 e. The first-order chi connectivity index (χ1) is 17.3. The van der Waals surface area contributed by atoms with Crippen LogP contribution in [0.15, 0.2) is 77.7 Å². The number of anilines is 1. The summed E-state index contributed by atoms with van der Waals surface area (Å²) in [5.74, 6) is 0.0953. The number of methoxy groups -OCH3 is 1. The Morgan fingerprint density at radius 1 is 0.972 bits per heavy atom. The van der Waals surface area contributed by atoms with Crippen LogP contribution in [0.4, 0.5) is 5.69 Å². The number of carbonyl (C=O) groups excluding carboxylic acids is 1. The first-order valence-electron chi connectivity index (χ1n) is 11.5. The molecule has 1 unspecified atom stereocenters. The third kappa shape index (κ3) is 6.31. The number of carbonyl (C=O) groups is 1. The molecule has 36 heavy (non-hydrogen) atoms. The summed E-state index contributed by atoms with van der Waals surface area (Å²) >= 11 is 12.3. The van der Waals surface area contributed by atoms with Gasteiger partial charge in [0, 0.05) is 36.9 Å². The lowest BCUT2D eigenvalue weighted by Crippen LogP contribution is -2.55. The molecule has 1 N–H and O–H groups in total. The minimum atomic E-state index is -4.03. The summed E-state index contributed by atoms with van der Waals surface area (Å²) in [5.41, 5.74) is 1.84. The molecule has 1 aliphatic rings. The third-order valence-electron chi connectivity index (χ3n) is 6.08. The van der Waals surface area contributed by atoms with Gasteiger partial charge in [-0.1, -0.05) is 59.6 Å². The Hall–Kier alpha value is -2.78. The smallest absolute Gasteiger partial charge is 0.241 e. The van der Waals surface area contributed by atoms with Crippen molar-refractivity contribution < 1.29 is 17.9 Å². The number of piperazine rings is 1. The fourth-order valence-electron chi connectivity index (χ4n) is 4.18. The second-order valence-corrected chi connectivity index (χ2v) is 11.0. The van der Waals surface area contributed by atoms with Crippen LogP contribution in [0, 0.1) is 0 Å². The zero-order chi connectivity index (χ0) is 25.7. The van der Waals surface area contributed by atoms with Gasteiger partial charge in [0.05, 0.1) is 17.0 Å². The van der Waals surface area contributed by atoms with Crippen molar-refractivity contribution in [2.24, 2.45) is 0 Å². The summed E-state index contributed by atoms with van der Waals surface area (Å²) in [6.07, 6.45) is 0.220. The average Bonchev–Trinajstić information content (AvgIpc) is 2.88. The van der Waals surface area contributed by atoms with Gasteiger partial charge in [-0.2, -0.15) is 4.72 Å². The van der Waals surface area contributed by atoms with E-state index in [9.17, 15) is 13.2 Å². The Morgan fingerprint density at radius 2 is 1.69 bits per heavy atom. The van der Waals surface area contributed by atoms with E-state index in [1.807, 2.05) is 54.6 Å². The first kappa shape index (κ1) is 26.3. The van der Waals surface area contributed by atoms with Gasteiger partial charge in [0.25, 0.3) is 0 Å². The summed E-state index contributed by atoms with van der Waals surface area (Å²) in [7, 11) is -2.58. The van der Waals surface area contributed by atoms with Crippen molar-refractivity contribution in [3.05, 3.63) is 88.4 Å². The van der Waals surface area contributed by atoms with Crippen molar-refractivity contribution in [3.63, 3.8) is 0 Å². The van der Waals surface area contributed by atoms with Crippen molar-refractivity contribution in [1.29, 1.82) is 0 Å². The quantitative estimate of drug-likeness (QED) is 0.456. The van der Waals surface area contributed by atoms with E-state index in [4.69, 9.17) is 27.9 Å². The van der Waals surface area contributed by atoms with Gasteiger partial charge in [0.15, 0.2) is 0 Å². The SMILES string of the molecule is COc1ccc(S(=O)(=O)NC(Cc2ccccc2)C(=O)N2CCN(c3cccc(Cl)c3)CC2)cc1Cl. The van der Waals surface area contributed by atoms with Gasteiger partial charge in [-0.05, 0) is 48.4 Å². The van der Waals surface area contributed by atoms with Crippen LogP contribution >= 0.6 is 23.2 Å². The number of amides is 1. The maximum atomic E-state index is 13.6. The van der Waals surface area contributed by atoms with Crippen LogP contribution in [0.1, 0.15) is 5.56 Å². The maximum Gasteiger partial charge on any atom is 0.241 e. The molecule has 190 valence electrons. The zero-order valence-corrected chi connectivity index (χ0v) is 22.1. The number of hydrogen-bond acceptors (Lipinski definition) is 5. The van der Waals surface area contributed by atoms with Crippen LogP contribution in [0.25, 0.3) is 0 Å². The molecule has 4 rings (SSSR count). The Kier molecular flexibility index (Phi) is 8.41. The number of sulfonamides is 1. The third-order valence-corrected chi connectivity index (χ3v) is 8.08. The van der Waals surface area contributed by atoms with Gasteiger partial charge in [0.1, 0.15) is 11.8 Å². The molecule has 10 heteroatoms. The fourth-order valence-corrected chi connectivity index (χ4v) is 5.90. The Balaban J connectivity index is 1.52. The van der Waals surface area contributed by atoms with E-state index >= 15 is 0 Å². The van der Waals surface area contributed by atoms with Gasteiger partial charge >= 0.3 is 0 Å². The Morgan fingerprint density at radius 3 is 2.33 bits per heavy atom. The maximum absolute atomic E-state index is 13.6. The summed E-state index contributed by atoms with van der Waals surface area (Å²) in [6, 6.07) is 20.2. The second-order valence-electron chi connectivity index (χ2n) is 8.45. The van der Waals surface area contributed by atoms with Gasteiger partial charge in [-0.15, -0.1) is 0 Å². The number of benzene rings is 3. The topological polar surface area (TPSA) is 78.9 Å². The van der Waals surface area contributed by atoms with Crippen LogP contribution < -0.4 is 14.4 Å². The van der Waals surface area contributed by atoms with Crippen molar-refractivity contribution in [2.75, 3.05) is 38.2 Å². The monoisotopic (exact) mass is 547 g/mol. The highest BCUT2D eigenvalue weighted by Crippen LogP contribution is 2.27. The fraction of sp³-hybridized carbons (Fsp3) is 0.269. The van der Waals surface area contributed by atoms with Crippen LogP contribution in [-0.2, 0) is 21.2 Å². The number of rotatable bonds is 8. The van der Waals surface area contributed by atoms with Crippen molar-refractivity contribution in [3.8, 4) is 5.75 Å². The minimum absolute atomic E-state index is 0.0371. The zero-order valence-electron chi connectivity index (χ0n) is 19.7. The van der Waals surface area contributed by atoms with Crippen LogP contribution in [0.3, 0.4) is 0 Å². The number of nitrogens with one attached hydrogen (secondary N) is 1. The molecule has 1 heterocycles. The molecule has 0 radical (unpaired) electrons. The lowest BCUT2D eigenvalue weighted by atomic mass is 10.1. The second kappa shape index (κ2) is 11.5. The Bertz CT molecular complexity index is 1310. The van der Waals surface area contributed by atoms with Gasteiger partial charge in [-0.25, -0.2) is 8.42 Å². The molecule has 1 fully saturated rings. The standard InChI is InChI=1S/C26H27Cl2N3O4S/c1-35-25-11-10-22(18-23(25)28)36(33,34)29-24(16-19-6-3-2-4-7-19)26(32)31-14-12-30(13-15-31)21-9-5-8-20(27)17-21/h2-11,17-18,24,29H,12-16H2,1H3. The van der Waals surface area contributed by atoms with Gasteiger partial charge in [-0.3, -0.25) is 4.79 Å². The molecule has 0 aliphatic carbocycles. The molecule has 0 bridgehead atoms. The molecule has 0 spiro atoms. The molecule has 7 nitrogen and oxygen atoms in total. The predicted molar refractivity (Wildman–Crippen MR) is 143 cm³/mol. The molecule has 3 aromatic rings. The number of nitrogens with zero attached hydrogens (tertiary/aromatic N) is 2. The minimum Gasteiger partial charge on any atom is -0.495 e. The van der Waals surface area contributed by atoms with E-state index in [0.29, 0.717) is 37.0 Å². The lowest BCUT2D eigenvalue weighted by Gasteiger charge is -2.37. The summed E-state index contributed by atoms with van der Waals surface area (Å²) < 4.78 is 34.2. The van der Waals surface area contributed by atoms with E-state index in [1.165, 1.54) is 25.3 Å². The summed E-state index contributed by atoms with van der Waals surface area (Å²) in [4.78, 5) is 17.4. The molecular formula is C26H27Cl2N3O4S. The normalized spacial score (nSPS) is 15.0. The molecule has 3 aromatic carbocycles. The number of ether oxygens (including phenoxy) is 1. The van der Waals surface area contributed by atoms with Gasteiger partial charge < -0.3 is 14.5 Å². The summed E-state index contributed by atoms with van der Waals surface area (Å²) in [5, 5.41) is 0.824. The van der Waals surface area contributed by atoms with E-state index in [-0.39, 0.29) is 22.2 Å². The van der Waals surface area contributed by atoms with Crippen molar-refractivity contribution in [2.45, 2.75) is 17.4 Å². The number of halogens is 2. The summed E-state index contributed by atoms with van der Waals surface area (Å²) in [6.45, 7) is 2.16. The average molecular weight is 548 g/mol. The molecular weight excluding hydrogens is 521 g/mol. The molecule has 0 saturated carbocycles. The highest BCUT2D eigenvalue weighted by atomic mass is 35.5. The molecule has 1 amide bonds. The van der Waals surface area contributed by atoms with Crippen molar-refractivity contribution >= 4 is 44.8 Å². The predicted octanol–water partition coefficient (Wildman–Crippen LogP) is 4.24. The van der Waals surface area contributed by atoms with Crippen LogP contribution in [0.2, 0.25) is 10.0 Å². The van der Waals surface area contributed by atoms with E-state index in [1.54, 1.807) is 4.90 Å².